The maximum absolute atomic E-state index is 7.62. The van der Waals surface area contributed by atoms with E-state index >= 15 is 0 Å². The first-order chi connectivity index (χ1) is 29.1. The molecule has 0 fully saturated rings. The van der Waals surface area contributed by atoms with Gasteiger partial charge >= 0.3 is 10.0 Å². The average Bonchev–Trinajstić information content (AvgIpc) is 3.24. The SMILES string of the molecule is CCCCCCCCC[Si](CCCCCCCCC)(CCCCCCCCC)O[Si]O[Si](CCCCCCCCC)(CCCCCCCCC)CCCCCCCCC. The lowest BCUT2D eigenvalue weighted by Gasteiger charge is -2.36. The van der Waals surface area contributed by atoms with Crippen molar-refractivity contribution in [1.29, 1.82) is 0 Å². The van der Waals surface area contributed by atoms with Crippen LogP contribution < -0.4 is 0 Å². The summed E-state index contributed by atoms with van der Waals surface area (Å²) in [6.07, 6.45) is 59.4. The van der Waals surface area contributed by atoms with Crippen molar-refractivity contribution in [3.63, 3.8) is 0 Å². The first-order valence-electron chi connectivity index (χ1n) is 28.2. The molecule has 59 heavy (non-hydrogen) atoms. The average molecular weight is 880 g/mol. The van der Waals surface area contributed by atoms with E-state index in [0.29, 0.717) is 10.0 Å². The van der Waals surface area contributed by atoms with E-state index in [9.17, 15) is 0 Å². The predicted molar refractivity (Wildman–Crippen MR) is 276 cm³/mol. The van der Waals surface area contributed by atoms with E-state index in [1.807, 2.05) is 0 Å². The molecule has 0 aromatic heterocycles. The zero-order valence-corrected chi connectivity index (χ0v) is 45.3. The van der Waals surface area contributed by atoms with E-state index in [1.54, 1.807) is 0 Å². The number of hydrogen-bond donors (Lipinski definition) is 0. The third-order valence-electron chi connectivity index (χ3n) is 13.9. The van der Waals surface area contributed by atoms with Gasteiger partial charge in [-0.2, -0.15) is 0 Å². The maximum Gasteiger partial charge on any atom is 0.410 e. The molecule has 0 N–H and O–H groups in total. The molecule has 0 aromatic rings. The van der Waals surface area contributed by atoms with E-state index in [-0.39, 0.29) is 0 Å². The van der Waals surface area contributed by atoms with Crippen molar-refractivity contribution in [3.8, 4) is 0 Å². The molecule has 0 saturated carbocycles. The summed E-state index contributed by atoms with van der Waals surface area (Å²) < 4.78 is 15.2. The highest BCUT2D eigenvalue weighted by Gasteiger charge is 2.38. The molecule has 0 bridgehead atoms. The Balaban J connectivity index is 6.12. The second kappa shape index (κ2) is 48.0. The molecule has 0 amide bonds. The first-order valence-corrected chi connectivity index (χ1v) is 34.1. The predicted octanol–water partition coefficient (Wildman–Crippen LogP) is 20.9. The second-order valence-corrected chi connectivity index (χ2v) is 29.4. The Hall–Kier alpha value is 0.571. The van der Waals surface area contributed by atoms with Gasteiger partial charge in [0.2, 0.25) is 0 Å². The lowest BCUT2D eigenvalue weighted by Crippen LogP contribution is -2.45. The van der Waals surface area contributed by atoms with Gasteiger partial charge in [-0.1, -0.05) is 311 Å². The molecule has 0 aliphatic heterocycles. The smallest absolute Gasteiger partial charge is 0.410 e. The Bertz CT molecular complexity index is 626. The summed E-state index contributed by atoms with van der Waals surface area (Å²) in [6, 6.07) is 8.44. The molecule has 2 nitrogen and oxygen atoms in total. The summed E-state index contributed by atoms with van der Waals surface area (Å²) in [4.78, 5) is 0. The van der Waals surface area contributed by atoms with Crippen LogP contribution in [-0.2, 0) is 8.23 Å². The van der Waals surface area contributed by atoms with Crippen LogP contribution in [0.15, 0.2) is 0 Å². The van der Waals surface area contributed by atoms with Gasteiger partial charge in [0.15, 0.2) is 16.6 Å². The van der Waals surface area contributed by atoms with Crippen molar-refractivity contribution in [3.05, 3.63) is 0 Å². The summed E-state index contributed by atoms with van der Waals surface area (Å²) in [7, 11) is -3.43. The molecule has 0 spiro atoms. The van der Waals surface area contributed by atoms with Gasteiger partial charge in [-0.15, -0.1) is 0 Å². The van der Waals surface area contributed by atoms with E-state index in [4.69, 9.17) is 8.23 Å². The molecule has 0 atom stereocenters. The van der Waals surface area contributed by atoms with Crippen LogP contribution in [0, 0.1) is 0 Å². The van der Waals surface area contributed by atoms with Gasteiger partial charge in [-0.3, -0.25) is 0 Å². The zero-order valence-electron chi connectivity index (χ0n) is 42.3. The molecule has 2 radical (unpaired) electrons. The molecular formula is C54H114O2Si3. The van der Waals surface area contributed by atoms with Crippen LogP contribution in [0.5, 0.6) is 0 Å². The fourth-order valence-corrected chi connectivity index (χ4v) is 21.0. The third-order valence-corrected chi connectivity index (χ3v) is 25.7. The summed E-state index contributed by atoms with van der Waals surface area (Å²) in [5.41, 5.74) is 0. The van der Waals surface area contributed by atoms with Crippen LogP contribution in [0.4, 0.5) is 0 Å². The fraction of sp³-hybridized carbons (Fsp3) is 1.00. The van der Waals surface area contributed by atoms with Crippen molar-refractivity contribution < 1.29 is 8.23 Å². The minimum atomic E-state index is -1.88. The molecule has 0 aromatic carbocycles. The van der Waals surface area contributed by atoms with Crippen LogP contribution in [-0.4, -0.2) is 26.6 Å². The maximum atomic E-state index is 7.62. The highest BCUT2D eigenvalue weighted by molar-refractivity contribution is 6.80. The van der Waals surface area contributed by atoms with Crippen molar-refractivity contribution >= 4 is 26.6 Å². The Morgan fingerprint density at radius 3 is 0.492 bits per heavy atom. The first kappa shape index (κ1) is 59.6. The van der Waals surface area contributed by atoms with Crippen LogP contribution >= 0.6 is 0 Å². The lowest BCUT2D eigenvalue weighted by molar-refractivity contribution is 0.417. The Labute approximate surface area is 380 Å². The minimum Gasteiger partial charge on any atom is -0.434 e. The van der Waals surface area contributed by atoms with Gasteiger partial charge in [-0.05, 0) is 36.3 Å². The topological polar surface area (TPSA) is 18.5 Å². The normalized spacial score (nSPS) is 12.3. The summed E-state index contributed by atoms with van der Waals surface area (Å²) in [5, 5.41) is 0. The van der Waals surface area contributed by atoms with E-state index in [1.165, 1.54) is 306 Å². The van der Waals surface area contributed by atoms with Crippen LogP contribution in [0.1, 0.15) is 311 Å². The second-order valence-electron chi connectivity index (χ2n) is 19.9. The van der Waals surface area contributed by atoms with Gasteiger partial charge in [0.05, 0.1) is 0 Å². The number of unbranched alkanes of at least 4 members (excludes halogenated alkanes) is 36. The highest BCUT2D eigenvalue weighted by atomic mass is 28.4. The van der Waals surface area contributed by atoms with Gasteiger partial charge in [0.25, 0.3) is 0 Å². The minimum absolute atomic E-state index is 0.331. The van der Waals surface area contributed by atoms with Crippen molar-refractivity contribution in [2.75, 3.05) is 0 Å². The van der Waals surface area contributed by atoms with E-state index in [0.717, 1.165) is 0 Å². The van der Waals surface area contributed by atoms with E-state index in [2.05, 4.69) is 41.5 Å². The third kappa shape index (κ3) is 39.9. The van der Waals surface area contributed by atoms with Crippen molar-refractivity contribution in [2.24, 2.45) is 0 Å². The molecule has 0 heterocycles. The lowest BCUT2D eigenvalue weighted by atomic mass is 10.1. The van der Waals surface area contributed by atoms with Crippen molar-refractivity contribution in [2.45, 2.75) is 347 Å². The highest BCUT2D eigenvalue weighted by Crippen LogP contribution is 2.34. The van der Waals surface area contributed by atoms with Gasteiger partial charge in [-0.25, -0.2) is 0 Å². The van der Waals surface area contributed by atoms with Crippen LogP contribution in [0.2, 0.25) is 36.3 Å². The number of hydrogen-bond acceptors (Lipinski definition) is 2. The largest absolute Gasteiger partial charge is 0.434 e. The van der Waals surface area contributed by atoms with E-state index < -0.39 is 16.6 Å². The van der Waals surface area contributed by atoms with Gasteiger partial charge in [0.1, 0.15) is 0 Å². The Morgan fingerprint density at radius 1 is 0.203 bits per heavy atom. The van der Waals surface area contributed by atoms with Gasteiger partial charge < -0.3 is 8.23 Å². The number of rotatable bonds is 52. The summed E-state index contributed by atoms with van der Waals surface area (Å²) in [5.74, 6) is 0. The quantitative estimate of drug-likeness (QED) is 0.0448. The molecule has 5 heteroatoms. The summed E-state index contributed by atoms with van der Waals surface area (Å²) in [6.45, 7) is 14.1. The standard InChI is InChI=1S/C54H114O2Si3/c1-7-13-19-25-31-37-43-49-58(50-44-38-32-26-20-14-8-2,51-45-39-33-27-21-15-9-3)55-57-56-59(52-46-40-34-28-22-16-10-4,53-47-41-35-29-23-17-11-5)54-48-42-36-30-24-18-12-6/h7-54H2,1-6H3. The van der Waals surface area contributed by atoms with Gasteiger partial charge in [0, 0.05) is 0 Å². The van der Waals surface area contributed by atoms with Crippen LogP contribution in [0.3, 0.4) is 0 Å². The molecule has 0 aliphatic rings. The molecule has 0 rings (SSSR count). The van der Waals surface area contributed by atoms with Crippen LogP contribution in [0.25, 0.3) is 0 Å². The fourth-order valence-electron chi connectivity index (χ4n) is 9.68. The van der Waals surface area contributed by atoms with Crippen molar-refractivity contribution in [1.82, 2.24) is 0 Å². The molecule has 0 saturated heterocycles. The molecule has 0 unspecified atom stereocenters. The molecular weight excluding hydrogens is 765 g/mol. The molecule has 354 valence electrons. The zero-order chi connectivity index (χ0) is 43.1. The molecule has 0 aliphatic carbocycles. The summed E-state index contributed by atoms with van der Waals surface area (Å²) >= 11 is 0. The Kier molecular flexibility index (Phi) is 48.5. The monoisotopic (exact) mass is 879 g/mol. The Morgan fingerprint density at radius 2 is 0.339 bits per heavy atom.